The molecule has 0 aromatic heterocycles. The molecule has 1 N–H and O–H groups in total. The summed E-state index contributed by atoms with van der Waals surface area (Å²) in [6.07, 6.45) is 0. The van der Waals surface area contributed by atoms with Crippen LogP contribution in [-0.4, -0.2) is 32.9 Å². The topological polar surface area (TPSA) is 30.5 Å². The van der Waals surface area contributed by atoms with Crippen molar-refractivity contribution in [2.24, 2.45) is 0 Å². The molecule has 108 valence electrons. The summed E-state index contributed by atoms with van der Waals surface area (Å²) in [7, 11) is 1.72. The zero-order valence-corrected chi connectivity index (χ0v) is 12.8. The highest BCUT2D eigenvalue weighted by Gasteiger charge is 2.18. The molecular weight excluding hydrogens is 238 g/mol. The van der Waals surface area contributed by atoms with E-state index in [1.165, 1.54) is 5.56 Å². The van der Waals surface area contributed by atoms with Gasteiger partial charge in [0, 0.05) is 19.7 Å². The Kier molecular flexibility index (Phi) is 6.32. The summed E-state index contributed by atoms with van der Waals surface area (Å²) in [6.45, 7) is 10.9. The van der Waals surface area contributed by atoms with Crippen LogP contribution in [-0.2, 0) is 10.2 Å². The van der Waals surface area contributed by atoms with Crippen LogP contribution in [0.2, 0.25) is 0 Å². The maximum Gasteiger partial charge on any atom is 0.123 e. The lowest BCUT2D eigenvalue weighted by molar-refractivity contribution is 0.169. The first kappa shape index (κ1) is 16.0. The van der Waals surface area contributed by atoms with Crippen LogP contribution in [0.4, 0.5) is 0 Å². The number of para-hydroxylation sites is 1. The highest BCUT2D eigenvalue weighted by atomic mass is 16.5. The highest BCUT2D eigenvalue weighted by molar-refractivity contribution is 5.38. The second-order valence-corrected chi connectivity index (χ2v) is 5.91. The summed E-state index contributed by atoms with van der Waals surface area (Å²) < 4.78 is 11.0. The third kappa shape index (κ3) is 5.62. The van der Waals surface area contributed by atoms with E-state index in [4.69, 9.17) is 9.47 Å². The molecule has 1 atom stereocenters. The normalized spacial score (nSPS) is 13.3. The van der Waals surface area contributed by atoms with Crippen LogP contribution in [0, 0.1) is 0 Å². The first-order valence-corrected chi connectivity index (χ1v) is 6.89. The lowest BCUT2D eigenvalue weighted by atomic mass is 9.86. The summed E-state index contributed by atoms with van der Waals surface area (Å²) in [5.41, 5.74) is 1.35. The Balaban J connectivity index is 2.46. The van der Waals surface area contributed by atoms with Crippen molar-refractivity contribution in [3.63, 3.8) is 0 Å². The van der Waals surface area contributed by atoms with Crippen molar-refractivity contribution in [1.82, 2.24) is 5.32 Å². The first-order chi connectivity index (χ1) is 8.95. The van der Waals surface area contributed by atoms with E-state index in [1.807, 2.05) is 12.1 Å². The van der Waals surface area contributed by atoms with Crippen LogP contribution in [0.3, 0.4) is 0 Å². The minimum absolute atomic E-state index is 0.105. The van der Waals surface area contributed by atoms with Gasteiger partial charge in [0.15, 0.2) is 0 Å². The average Bonchev–Trinajstić information content (AvgIpc) is 2.34. The molecule has 0 bridgehead atoms. The molecule has 3 heteroatoms. The Hall–Kier alpha value is -1.06. The third-order valence-corrected chi connectivity index (χ3v) is 2.96. The number of rotatable bonds is 7. The zero-order chi connectivity index (χ0) is 14.3. The van der Waals surface area contributed by atoms with Crippen LogP contribution in [0.5, 0.6) is 5.75 Å². The van der Waals surface area contributed by atoms with Gasteiger partial charge in [0.2, 0.25) is 0 Å². The van der Waals surface area contributed by atoms with Crippen LogP contribution in [0.15, 0.2) is 24.3 Å². The van der Waals surface area contributed by atoms with Crippen molar-refractivity contribution in [2.45, 2.75) is 39.2 Å². The molecule has 0 aliphatic carbocycles. The number of hydrogen-bond donors (Lipinski definition) is 1. The standard InChI is InChI=1S/C16H27NO2/c1-13(12-18-5)17-10-11-19-15-9-7-6-8-14(15)16(2,3)4/h6-9,13,17H,10-12H2,1-5H3. The van der Waals surface area contributed by atoms with Gasteiger partial charge in [-0.25, -0.2) is 0 Å². The second kappa shape index (κ2) is 7.51. The minimum Gasteiger partial charge on any atom is -0.492 e. The number of methoxy groups -OCH3 is 1. The molecule has 1 aromatic carbocycles. The van der Waals surface area contributed by atoms with E-state index in [0.29, 0.717) is 12.6 Å². The molecule has 0 aliphatic heterocycles. The van der Waals surface area contributed by atoms with Crippen LogP contribution >= 0.6 is 0 Å². The zero-order valence-electron chi connectivity index (χ0n) is 12.8. The SMILES string of the molecule is COCC(C)NCCOc1ccccc1C(C)(C)C. The van der Waals surface area contributed by atoms with Crippen molar-refractivity contribution in [3.05, 3.63) is 29.8 Å². The molecule has 0 spiro atoms. The predicted octanol–water partition coefficient (Wildman–Crippen LogP) is 2.99. The van der Waals surface area contributed by atoms with Gasteiger partial charge in [0.05, 0.1) is 6.61 Å². The molecule has 0 saturated heterocycles. The Morgan fingerprint density at radius 3 is 2.53 bits per heavy atom. The van der Waals surface area contributed by atoms with Gasteiger partial charge in [-0.05, 0) is 24.0 Å². The monoisotopic (exact) mass is 265 g/mol. The molecule has 0 saturated carbocycles. The van der Waals surface area contributed by atoms with Crippen LogP contribution in [0.25, 0.3) is 0 Å². The van der Waals surface area contributed by atoms with Gasteiger partial charge in [-0.15, -0.1) is 0 Å². The van der Waals surface area contributed by atoms with E-state index in [9.17, 15) is 0 Å². The van der Waals surface area contributed by atoms with Gasteiger partial charge in [0.1, 0.15) is 12.4 Å². The van der Waals surface area contributed by atoms with E-state index in [1.54, 1.807) is 7.11 Å². The molecule has 0 amide bonds. The summed E-state index contributed by atoms with van der Waals surface area (Å²) in [5, 5.41) is 3.36. The van der Waals surface area contributed by atoms with Crippen molar-refractivity contribution >= 4 is 0 Å². The molecule has 19 heavy (non-hydrogen) atoms. The Morgan fingerprint density at radius 2 is 1.89 bits per heavy atom. The first-order valence-electron chi connectivity index (χ1n) is 6.89. The lowest BCUT2D eigenvalue weighted by Gasteiger charge is -2.23. The van der Waals surface area contributed by atoms with Gasteiger partial charge < -0.3 is 14.8 Å². The van der Waals surface area contributed by atoms with E-state index in [2.05, 4.69) is 45.1 Å². The fourth-order valence-corrected chi connectivity index (χ4v) is 1.99. The lowest BCUT2D eigenvalue weighted by Crippen LogP contribution is -2.33. The number of benzene rings is 1. The molecule has 1 rings (SSSR count). The van der Waals surface area contributed by atoms with Crippen LogP contribution < -0.4 is 10.1 Å². The van der Waals surface area contributed by atoms with Gasteiger partial charge >= 0.3 is 0 Å². The van der Waals surface area contributed by atoms with Crippen molar-refractivity contribution in [1.29, 1.82) is 0 Å². The summed E-state index contributed by atoms with van der Waals surface area (Å²) in [6, 6.07) is 8.61. The molecule has 3 nitrogen and oxygen atoms in total. The third-order valence-electron chi connectivity index (χ3n) is 2.96. The van der Waals surface area contributed by atoms with E-state index < -0.39 is 0 Å². The van der Waals surface area contributed by atoms with E-state index in [0.717, 1.165) is 18.9 Å². The van der Waals surface area contributed by atoms with Crippen molar-refractivity contribution in [2.75, 3.05) is 26.9 Å². The predicted molar refractivity (Wildman–Crippen MR) is 80.0 cm³/mol. The Morgan fingerprint density at radius 1 is 1.21 bits per heavy atom. The smallest absolute Gasteiger partial charge is 0.123 e. The molecule has 1 aromatic rings. The summed E-state index contributed by atoms with van der Waals surface area (Å²) >= 11 is 0. The molecule has 0 fully saturated rings. The van der Waals surface area contributed by atoms with E-state index in [-0.39, 0.29) is 5.41 Å². The second-order valence-electron chi connectivity index (χ2n) is 5.91. The van der Waals surface area contributed by atoms with Gasteiger partial charge in [0.25, 0.3) is 0 Å². The van der Waals surface area contributed by atoms with Gasteiger partial charge in [-0.3, -0.25) is 0 Å². The Labute approximate surface area is 117 Å². The average molecular weight is 265 g/mol. The van der Waals surface area contributed by atoms with E-state index >= 15 is 0 Å². The number of ether oxygens (including phenoxy) is 2. The molecule has 0 aliphatic rings. The molecule has 0 heterocycles. The maximum atomic E-state index is 5.89. The quantitative estimate of drug-likeness (QED) is 0.769. The highest BCUT2D eigenvalue weighted by Crippen LogP contribution is 2.30. The molecular formula is C16H27NO2. The molecule has 1 unspecified atom stereocenters. The fourth-order valence-electron chi connectivity index (χ4n) is 1.99. The maximum absolute atomic E-state index is 5.89. The minimum atomic E-state index is 0.105. The Bertz CT molecular complexity index is 371. The van der Waals surface area contributed by atoms with Crippen molar-refractivity contribution < 1.29 is 9.47 Å². The summed E-state index contributed by atoms with van der Waals surface area (Å²) in [5.74, 6) is 0.983. The number of nitrogens with one attached hydrogen (secondary N) is 1. The van der Waals surface area contributed by atoms with Crippen molar-refractivity contribution in [3.8, 4) is 5.75 Å². The molecule has 0 radical (unpaired) electrons. The fraction of sp³-hybridized carbons (Fsp3) is 0.625. The van der Waals surface area contributed by atoms with Gasteiger partial charge in [-0.1, -0.05) is 39.0 Å². The van der Waals surface area contributed by atoms with Gasteiger partial charge in [-0.2, -0.15) is 0 Å². The van der Waals surface area contributed by atoms with Crippen LogP contribution in [0.1, 0.15) is 33.3 Å². The number of hydrogen-bond acceptors (Lipinski definition) is 3. The summed E-state index contributed by atoms with van der Waals surface area (Å²) in [4.78, 5) is 0. The largest absolute Gasteiger partial charge is 0.492 e.